The number of fused-ring (bicyclic) bond motifs is 9. The van der Waals surface area contributed by atoms with Crippen molar-refractivity contribution in [3.05, 3.63) is 168 Å². The van der Waals surface area contributed by atoms with Crippen LogP contribution in [0.2, 0.25) is 0 Å². The standard InChI is InChI=1S/C48H36N4O/c1-29-11-9-12-30(2)45(29)33-25-40(46-31(3)13-10-14-32(46)4)47-38-21-19-34(27-39(38)48-50-23-24-51(48)43(47)26-33)53-35-18-20-37-36-15-5-6-16-41(36)52(42(37)28-35)44-17-7-8-22-49-44/h5-28H,1-4H3. The molecule has 4 aromatic heterocycles. The molecule has 0 aliphatic carbocycles. The summed E-state index contributed by atoms with van der Waals surface area (Å²) in [7, 11) is 0. The van der Waals surface area contributed by atoms with Crippen molar-refractivity contribution in [2.75, 3.05) is 0 Å². The van der Waals surface area contributed by atoms with E-state index in [9.17, 15) is 0 Å². The monoisotopic (exact) mass is 684 g/mol. The zero-order chi connectivity index (χ0) is 35.8. The minimum atomic E-state index is 0.752. The van der Waals surface area contributed by atoms with E-state index < -0.39 is 0 Å². The maximum Gasteiger partial charge on any atom is 0.145 e. The van der Waals surface area contributed by atoms with Crippen molar-refractivity contribution in [2.45, 2.75) is 27.7 Å². The molecule has 0 aliphatic rings. The summed E-state index contributed by atoms with van der Waals surface area (Å²) >= 11 is 0. The van der Waals surface area contributed by atoms with Gasteiger partial charge in [0.2, 0.25) is 0 Å². The number of hydrogen-bond donors (Lipinski definition) is 0. The highest BCUT2D eigenvalue weighted by atomic mass is 16.5. The Hall–Kier alpha value is -6.72. The molecule has 0 fully saturated rings. The Kier molecular flexibility index (Phi) is 6.99. The predicted octanol–water partition coefficient (Wildman–Crippen LogP) is 12.5. The first kappa shape index (κ1) is 31.1. The average Bonchev–Trinajstić information content (AvgIpc) is 3.79. The van der Waals surface area contributed by atoms with Gasteiger partial charge in [-0.05, 0) is 138 Å². The highest BCUT2D eigenvalue weighted by molar-refractivity contribution is 6.19. The van der Waals surface area contributed by atoms with Crippen LogP contribution in [0.4, 0.5) is 0 Å². The number of ether oxygens (including phenoxy) is 1. The van der Waals surface area contributed by atoms with E-state index in [-0.39, 0.29) is 0 Å². The van der Waals surface area contributed by atoms with Crippen molar-refractivity contribution < 1.29 is 4.74 Å². The Bertz CT molecular complexity index is 3040. The number of benzene rings is 6. The molecule has 0 saturated carbocycles. The number of hydrogen-bond acceptors (Lipinski definition) is 3. The van der Waals surface area contributed by atoms with E-state index in [0.717, 1.165) is 55.7 Å². The van der Waals surface area contributed by atoms with Gasteiger partial charge in [0.05, 0.1) is 16.6 Å². The van der Waals surface area contributed by atoms with Crippen molar-refractivity contribution >= 4 is 49.1 Å². The van der Waals surface area contributed by atoms with Crippen molar-refractivity contribution in [1.29, 1.82) is 0 Å². The normalized spacial score (nSPS) is 11.8. The first-order chi connectivity index (χ1) is 25.9. The van der Waals surface area contributed by atoms with Crippen molar-refractivity contribution in [2.24, 2.45) is 0 Å². The lowest BCUT2D eigenvalue weighted by Gasteiger charge is -2.20. The Labute approximate surface area is 307 Å². The second-order valence-corrected chi connectivity index (χ2v) is 14.1. The maximum absolute atomic E-state index is 6.70. The van der Waals surface area contributed by atoms with Crippen LogP contribution in [-0.4, -0.2) is 18.9 Å². The summed E-state index contributed by atoms with van der Waals surface area (Å²) in [5.74, 6) is 2.38. The summed E-state index contributed by atoms with van der Waals surface area (Å²) < 4.78 is 11.2. The molecule has 254 valence electrons. The number of nitrogens with zero attached hydrogens (tertiary/aromatic N) is 4. The minimum absolute atomic E-state index is 0.752. The fourth-order valence-corrected chi connectivity index (χ4v) is 8.52. The van der Waals surface area contributed by atoms with Crippen LogP contribution in [-0.2, 0) is 0 Å². The van der Waals surface area contributed by atoms with Crippen LogP contribution in [0.5, 0.6) is 11.5 Å². The van der Waals surface area contributed by atoms with Crippen molar-refractivity contribution in [1.82, 2.24) is 18.9 Å². The summed E-state index contributed by atoms with van der Waals surface area (Å²) in [5, 5.41) is 5.71. The van der Waals surface area contributed by atoms with E-state index in [4.69, 9.17) is 14.7 Å². The van der Waals surface area contributed by atoms with Crippen LogP contribution < -0.4 is 4.74 Å². The van der Waals surface area contributed by atoms with Crippen LogP contribution in [0.15, 0.2) is 146 Å². The second kappa shape index (κ2) is 11.9. The Morgan fingerprint density at radius 3 is 1.92 bits per heavy atom. The molecule has 10 rings (SSSR count). The van der Waals surface area contributed by atoms with Gasteiger partial charge in [0.15, 0.2) is 0 Å². The fourth-order valence-electron chi connectivity index (χ4n) is 8.52. The lowest BCUT2D eigenvalue weighted by atomic mass is 9.86. The van der Waals surface area contributed by atoms with Crippen molar-refractivity contribution in [3.8, 4) is 39.6 Å². The average molecular weight is 685 g/mol. The molecule has 0 atom stereocenters. The third-order valence-electron chi connectivity index (χ3n) is 10.8. The van der Waals surface area contributed by atoms with E-state index in [1.807, 2.05) is 30.6 Å². The summed E-state index contributed by atoms with van der Waals surface area (Å²) in [4.78, 5) is 9.63. The molecule has 0 unspecified atom stereocenters. The lowest BCUT2D eigenvalue weighted by Crippen LogP contribution is -1.98. The number of pyridine rings is 2. The van der Waals surface area contributed by atoms with Gasteiger partial charge in [0.1, 0.15) is 23.0 Å². The first-order valence-corrected chi connectivity index (χ1v) is 18.1. The first-order valence-electron chi connectivity index (χ1n) is 18.1. The molecule has 0 amide bonds. The predicted molar refractivity (Wildman–Crippen MR) is 219 cm³/mol. The Balaban J connectivity index is 1.19. The van der Waals surface area contributed by atoms with Gasteiger partial charge in [-0.15, -0.1) is 0 Å². The number of rotatable bonds is 5. The minimum Gasteiger partial charge on any atom is -0.457 e. The molecule has 0 N–H and O–H groups in total. The van der Waals surface area contributed by atoms with E-state index >= 15 is 0 Å². The molecule has 5 nitrogen and oxygen atoms in total. The van der Waals surface area contributed by atoms with Gasteiger partial charge in [-0.2, -0.15) is 0 Å². The van der Waals surface area contributed by atoms with Gasteiger partial charge in [0.25, 0.3) is 0 Å². The zero-order valence-corrected chi connectivity index (χ0v) is 30.1. The fraction of sp³-hybridized carbons (Fsp3) is 0.0833. The summed E-state index contributed by atoms with van der Waals surface area (Å²) in [6, 6.07) is 45.1. The van der Waals surface area contributed by atoms with E-state index in [0.29, 0.717) is 0 Å². The van der Waals surface area contributed by atoms with Gasteiger partial charge in [-0.25, -0.2) is 9.97 Å². The van der Waals surface area contributed by atoms with Gasteiger partial charge in [-0.1, -0.05) is 60.7 Å². The summed E-state index contributed by atoms with van der Waals surface area (Å²) in [5.41, 5.74) is 14.2. The smallest absolute Gasteiger partial charge is 0.145 e. The Morgan fingerprint density at radius 2 is 1.17 bits per heavy atom. The van der Waals surface area contributed by atoms with Gasteiger partial charge in [-0.3, -0.25) is 8.97 Å². The summed E-state index contributed by atoms with van der Waals surface area (Å²) in [6.45, 7) is 8.84. The van der Waals surface area contributed by atoms with Crippen LogP contribution in [0, 0.1) is 27.7 Å². The molecular weight excluding hydrogens is 649 g/mol. The molecule has 0 aliphatic heterocycles. The van der Waals surface area contributed by atoms with Crippen LogP contribution in [0.1, 0.15) is 22.3 Å². The number of para-hydroxylation sites is 1. The van der Waals surface area contributed by atoms with E-state index in [1.165, 1.54) is 55.3 Å². The Morgan fingerprint density at radius 1 is 0.491 bits per heavy atom. The van der Waals surface area contributed by atoms with E-state index in [2.05, 4.69) is 152 Å². The molecule has 10 aromatic rings. The highest BCUT2D eigenvalue weighted by Gasteiger charge is 2.20. The maximum atomic E-state index is 6.70. The van der Waals surface area contributed by atoms with Gasteiger partial charge in [0, 0.05) is 46.2 Å². The topological polar surface area (TPSA) is 44.3 Å². The quantitative estimate of drug-likeness (QED) is 0.170. The molecule has 53 heavy (non-hydrogen) atoms. The number of aromatic nitrogens is 4. The van der Waals surface area contributed by atoms with Gasteiger partial charge >= 0.3 is 0 Å². The van der Waals surface area contributed by atoms with Gasteiger partial charge < -0.3 is 4.74 Å². The molecular formula is C48H36N4O. The third kappa shape index (κ3) is 4.85. The molecule has 0 bridgehead atoms. The number of aryl methyl sites for hydroxylation is 4. The molecule has 0 saturated heterocycles. The third-order valence-corrected chi connectivity index (χ3v) is 10.8. The zero-order valence-electron chi connectivity index (χ0n) is 30.1. The number of imidazole rings is 1. The van der Waals surface area contributed by atoms with E-state index in [1.54, 1.807) is 0 Å². The second-order valence-electron chi connectivity index (χ2n) is 14.1. The molecule has 0 radical (unpaired) electrons. The van der Waals surface area contributed by atoms with Crippen LogP contribution in [0.3, 0.4) is 0 Å². The summed E-state index contributed by atoms with van der Waals surface area (Å²) in [6.07, 6.45) is 5.82. The molecule has 0 spiro atoms. The van der Waals surface area contributed by atoms with Crippen LogP contribution in [0.25, 0.3) is 77.2 Å². The van der Waals surface area contributed by atoms with Crippen LogP contribution >= 0.6 is 0 Å². The molecule has 6 aromatic carbocycles. The largest absolute Gasteiger partial charge is 0.457 e. The molecule has 5 heteroatoms. The highest BCUT2D eigenvalue weighted by Crippen LogP contribution is 2.44. The SMILES string of the molecule is Cc1cccc(C)c1-c1cc(-c2c(C)cccc2C)c2c3ccc(Oc4ccc5c6ccccc6n(-c6ccccn6)c5c4)cc3c3nccn3c2c1. The molecule has 4 heterocycles. The van der Waals surface area contributed by atoms with Crippen molar-refractivity contribution in [3.63, 3.8) is 0 Å². The lowest BCUT2D eigenvalue weighted by molar-refractivity contribution is 0.484.